The van der Waals surface area contributed by atoms with Gasteiger partial charge in [-0.1, -0.05) is 0 Å². The normalized spacial score (nSPS) is 22.2. The third-order valence-corrected chi connectivity index (χ3v) is 3.64. The number of carbonyl (C=O) groups excluding carboxylic acids is 1. The predicted octanol–water partition coefficient (Wildman–Crippen LogP) is 2.19. The number of benzene rings is 1. The van der Waals surface area contributed by atoms with Crippen molar-refractivity contribution in [2.24, 2.45) is 11.7 Å². The minimum absolute atomic E-state index is 0.00824. The molecular formula is C13H16FN3O3. The number of primary amides is 1. The van der Waals surface area contributed by atoms with Crippen molar-refractivity contribution >= 4 is 17.3 Å². The van der Waals surface area contributed by atoms with Crippen molar-refractivity contribution in [3.05, 3.63) is 34.1 Å². The summed E-state index contributed by atoms with van der Waals surface area (Å²) in [6.07, 6.45) is 2.66. The molecule has 0 bridgehead atoms. The molecule has 0 unspecified atom stereocenters. The molecule has 7 heteroatoms. The third kappa shape index (κ3) is 3.23. The zero-order chi connectivity index (χ0) is 14.7. The summed E-state index contributed by atoms with van der Waals surface area (Å²) < 4.78 is 13.2. The van der Waals surface area contributed by atoms with Crippen LogP contribution in [0.15, 0.2) is 18.2 Å². The summed E-state index contributed by atoms with van der Waals surface area (Å²) in [5.41, 5.74) is 5.28. The van der Waals surface area contributed by atoms with Gasteiger partial charge in [0.25, 0.3) is 5.69 Å². The topological polar surface area (TPSA) is 98.3 Å². The molecule has 0 radical (unpaired) electrons. The first-order chi connectivity index (χ1) is 9.47. The van der Waals surface area contributed by atoms with Gasteiger partial charge in [0.1, 0.15) is 11.5 Å². The van der Waals surface area contributed by atoms with E-state index in [-0.39, 0.29) is 29.2 Å². The SMILES string of the molecule is NC(=O)C1CCC(Nc2cc(F)ccc2[N+](=O)[O-])CC1. The fourth-order valence-electron chi connectivity index (χ4n) is 2.53. The first kappa shape index (κ1) is 14.2. The van der Waals surface area contributed by atoms with Crippen LogP contribution in [0, 0.1) is 21.8 Å². The molecule has 1 fully saturated rings. The molecule has 108 valence electrons. The molecule has 0 atom stereocenters. The third-order valence-electron chi connectivity index (χ3n) is 3.64. The maximum atomic E-state index is 13.2. The van der Waals surface area contributed by atoms with E-state index in [2.05, 4.69) is 5.32 Å². The van der Waals surface area contributed by atoms with E-state index in [1.165, 1.54) is 0 Å². The number of carbonyl (C=O) groups is 1. The molecule has 2 rings (SSSR count). The number of amides is 1. The summed E-state index contributed by atoms with van der Waals surface area (Å²) in [7, 11) is 0. The van der Waals surface area contributed by atoms with Gasteiger partial charge < -0.3 is 11.1 Å². The number of rotatable bonds is 4. The maximum Gasteiger partial charge on any atom is 0.292 e. The second kappa shape index (κ2) is 5.85. The van der Waals surface area contributed by atoms with Crippen LogP contribution in [0.5, 0.6) is 0 Å². The van der Waals surface area contributed by atoms with Crippen LogP contribution in [0.4, 0.5) is 15.8 Å². The first-order valence-electron chi connectivity index (χ1n) is 6.47. The molecule has 0 saturated heterocycles. The Labute approximate surface area is 115 Å². The van der Waals surface area contributed by atoms with Gasteiger partial charge in [0.2, 0.25) is 5.91 Å². The van der Waals surface area contributed by atoms with Gasteiger partial charge in [-0.25, -0.2) is 4.39 Å². The van der Waals surface area contributed by atoms with Crippen LogP contribution < -0.4 is 11.1 Å². The zero-order valence-corrected chi connectivity index (χ0v) is 10.8. The summed E-state index contributed by atoms with van der Waals surface area (Å²) in [6.45, 7) is 0. The van der Waals surface area contributed by atoms with Crippen LogP contribution in [0.25, 0.3) is 0 Å². The van der Waals surface area contributed by atoms with Gasteiger partial charge in [-0.3, -0.25) is 14.9 Å². The second-order valence-corrected chi connectivity index (χ2v) is 5.01. The molecule has 1 aliphatic carbocycles. The molecule has 20 heavy (non-hydrogen) atoms. The highest BCUT2D eigenvalue weighted by atomic mass is 19.1. The van der Waals surface area contributed by atoms with Crippen molar-refractivity contribution in [1.82, 2.24) is 0 Å². The first-order valence-corrected chi connectivity index (χ1v) is 6.47. The average Bonchev–Trinajstić information content (AvgIpc) is 2.39. The van der Waals surface area contributed by atoms with Crippen LogP contribution in [-0.2, 0) is 4.79 Å². The van der Waals surface area contributed by atoms with Crippen molar-refractivity contribution in [2.45, 2.75) is 31.7 Å². The van der Waals surface area contributed by atoms with E-state index in [1.54, 1.807) is 0 Å². The smallest absolute Gasteiger partial charge is 0.292 e. The monoisotopic (exact) mass is 281 g/mol. The van der Waals surface area contributed by atoms with Gasteiger partial charge >= 0.3 is 0 Å². The van der Waals surface area contributed by atoms with Gasteiger partial charge in [-0.05, 0) is 31.7 Å². The van der Waals surface area contributed by atoms with Gasteiger partial charge in [0, 0.05) is 24.1 Å². The Morgan fingerprint density at radius 1 is 1.35 bits per heavy atom. The molecule has 1 aromatic carbocycles. The summed E-state index contributed by atoms with van der Waals surface area (Å²) >= 11 is 0. The second-order valence-electron chi connectivity index (χ2n) is 5.01. The van der Waals surface area contributed by atoms with E-state index in [9.17, 15) is 19.3 Å². The van der Waals surface area contributed by atoms with E-state index in [4.69, 9.17) is 5.73 Å². The summed E-state index contributed by atoms with van der Waals surface area (Å²) in [5.74, 6) is -0.959. The number of nitrogens with one attached hydrogen (secondary N) is 1. The Bertz CT molecular complexity index is 528. The van der Waals surface area contributed by atoms with E-state index in [0.29, 0.717) is 25.7 Å². The van der Waals surface area contributed by atoms with E-state index < -0.39 is 10.7 Å². The largest absolute Gasteiger partial charge is 0.377 e. The quantitative estimate of drug-likeness (QED) is 0.652. The molecule has 0 heterocycles. The molecule has 1 amide bonds. The minimum atomic E-state index is -0.545. The highest BCUT2D eigenvalue weighted by Gasteiger charge is 2.26. The summed E-state index contributed by atoms with van der Waals surface area (Å²) in [6, 6.07) is 3.32. The molecule has 0 aliphatic heterocycles. The standard InChI is InChI=1S/C13H16FN3O3/c14-9-3-6-12(17(19)20)11(7-9)16-10-4-1-8(2-5-10)13(15)18/h3,6-8,10,16H,1-2,4-5H2,(H2,15,18). The summed E-state index contributed by atoms with van der Waals surface area (Å²) in [5, 5.41) is 13.9. The lowest BCUT2D eigenvalue weighted by Crippen LogP contribution is -2.32. The Kier molecular flexibility index (Phi) is 4.16. The Hall–Kier alpha value is -2.18. The highest BCUT2D eigenvalue weighted by molar-refractivity contribution is 5.76. The molecule has 3 N–H and O–H groups in total. The lowest BCUT2D eigenvalue weighted by atomic mass is 9.85. The maximum absolute atomic E-state index is 13.2. The van der Waals surface area contributed by atoms with Crippen molar-refractivity contribution in [1.29, 1.82) is 0 Å². The Balaban J connectivity index is 2.06. The van der Waals surface area contributed by atoms with Gasteiger partial charge in [-0.15, -0.1) is 0 Å². The highest BCUT2D eigenvalue weighted by Crippen LogP contribution is 2.30. The average molecular weight is 281 g/mol. The van der Waals surface area contributed by atoms with Crippen LogP contribution in [0.3, 0.4) is 0 Å². The molecule has 1 aromatic rings. The van der Waals surface area contributed by atoms with E-state index in [0.717, 1.165) is 18.2 Å². The number of nitrogens with zero attached hydrogens (tertiary/aromatic N) is 1. The number of halogens is 1. The number of hydrogen-bond acceptors (Lipinski definition) is 4. The van der Waals surface area contributed by atoms with E-state index >= 15 is 0 Å². The number of nitrogens with two attached hydrogens (primary N) is 1. The van der Waals surface area contributed by atoms with Crippen molar-refractivity contribution < 1.29 is 14.1 Å². The zero-order valence-electron chi connectivity index (χ0n) is 10.8. The fourth-order valence-corrected chi connectivity index (χ4v) is 2.53. The lowest BCUT2D eigenvalue weighted by molar-refractivity contribution is -0.384. The fraction of sp³-hybridized carbons (Fsp3) is 0.462. The lowest BCUT2D eigenvalue weighted by Gasteiger charge is -2.27. The van der Waals surface area contributed by atoms with Crippen LogP contribution >= 0.6 is 0 Å². The number of nitro benzene ring substituents is 1. The number of anilines is 1. The van der Waals surface area contributed by atoms with Crippen molar-refractivity contribution in [3.63, 3.8) is 0 Å². The molecule has 1 aliphatic rings. The summed E-state index contributed by atoms with van der Waals surface area (Å²) in [4.78, 5) is 21.4. The molecule has 0 spiro atoms. The molecular weight excluding hydrogens is 265 g/mol. The predicted molar refractivity (Wildman–Crippen MR) is 71.6 cm³/mol. The van der Waals surface area contributed by atoms with Crippen LogP contribution in [0.1, 0.15) is 25.7 Å². The van der Waals surface area contributed by atoms with Crippen LogP contribution in [-0.4, -0.2) is 16.9 Å². The Morgan fingerprint density at radius 3 is 2.55 bits per heavy atom. The van der Waals surface area contributed by atoms with Gasteiger partial charge in [0.15, 0.2) is 0 Å². The van der Waals surface area contributed by atoms with Gasteiger partial charge in [0.05, 0.1) is 4.92 Å². The number of nitro groups is 1. The van der Waals surface area contributed by atoms with Gasteiger partial charge in [-0.2, -0.15) is 0 Å². The molecule has 1 saturated carbocycles. The molecule has 6 nitrogen and oxygen atoms in total. The van der Waals surface area contributed by atoms with Crippen LogP contribution in [0.2, 0.25) is 0 Å². The molecule has 0 aromatic heterocycles. The Morgan fingerprint density at radius 2 is 2.00 bits per heavy atom. The van der Waals surface area contributed by atoms with E-state index in [1.807, 2.05) is 0 Å². The van der Waals surface area contributed by atoms with Crippen molar-refractivity contribution in [2.75, 3.05) is 5.32 Å². The van der Waals surface area contributed by atoms with Crippen molar-refractivity contribution in [3.8, 4) is 0 Å². The minimum Gasteiger partial charge on any atom is -0.377 e. The number of hydrogen-bond donors (Lipinski definition) is 2.